The fourth-order valence-corrected chi connectivity index (χ4v) is 4.83. The van der Waals surface area contributed by atoms with Crippen molar-refractivity contribution < 1.29 is 0 Å². The van der Waals surface area contributed by atoms with Gasteiger partial charge < -0.3 is 16.0 Å². The summed E-state index contributed by atoms with van der Waals surface area (Å²) >= 11 is 1.64. The minimum atomic E-state index is 0.412. The molecule has 4 heterocycles. The number of pyridine rings is 1. The fraction of sp³-hybridized carbons (Fsp3) is 0.591. The zero-order valence-corrected chi connectivity index (χ0v) is 19.0. The van der Waals surface area contributed by atoms with E-state index in [1.54, 1.807) is 11.3 Å². The first-order valence-electron chi connectivity index (χ1n) is 11.2. The minimum Gasteiger partial charge on any atom is -0.366 e. The van der Waals surface area contributed by atoms with Crippen molar-refractivity contribution in [1.82, 2.24) is 25.1 Å². The van der Waals surface area contributed by atoms with Crippen molar-refractivity contribution in [2.24, 2.45) is 0 Å². The van der Waals surface area contributed by atoms with Gasteiger partial charge in [0.15, 0.2) is 5.13 Å². The van der Waals surface area contributed by atoms with Gasteiger partial charge in [0.25, 0.3) is 0 Å². The third kappa shape index (κ3) is 6.61. The lowest BCUT2D eigenvalue weighted by Gasteiger charge is -2.34. The van der Waals surface area contributed by atoms with Crippen molar-refractivity contribution in [2.75, 3.05) is 56.4 Å². The number of thiazole rings is 1. The van der Waals surface area contributed by atoms with Crippen molar-refractivity contribution in [3.8, 4) is 6.07 Å². The summed E-state index contributed by atoms with van der Waals surface area (Å²) in [6.45, 7) is 10.0. The van der Waals surface area contributed by atoms with Gasteiger partial charge in [-0.25, -0.2) is 9.97 Å². The SMILES string of the molecule is Cc1cnc(Nc2cc(CN3CCN(CCC#N)CC3)cc(NC3CCCNC3)n2)s1. The molecule has 1 atom stereocenters. The Labute approximate surface area is 188 Å². The number of hydrogen-bond acceptors (Lipinski definition) is 9. The average molecular weight is 441 g/mol. The van der Waals surface area contributed by atoms with Crippen LogP contribution in [0.1, 0.15) is 29.7 Å². The first-order chi connectivity index (χ1) is 15.2. The molecule has 2 aliphatic heterocycles. The zero-order chi connectivity index (χ0) is 21.5. The molecule has 1 unspecified atom stereocenters. The summed E-state index contributed by atoms with van der Waals surface area (Å²) in [5.74, 6) is 1.76. The van der Waals surface area contributed by atoms with Crippen molar-refractivity contribution in [1.29, 1.82) is 5.26 Å². The van der Waals surface area contributed by atoms with E-state index in [-0.39, 0.29) is 0 Å². The number of piperidine rings is 1. The highest BCUT2D eigenvalue weighted by atomic mass is 32.1. The third-order valence-electron chi connectivity index (χ3n) is 5.80. The molecule has 9 heteroatoms. The predicted molar refractivity (Wildman–Crippen MR) is 126 cm³/mol. The summed E-state index contributed by atoms with van der Waals surface area (Å²) in [6.07, 6.45) is 4.85. The number of aromatic nitrogens is 2. The summed E-state index contributed by atoms with van der Waals surface area (Å²) in [6, 6.07) is 6.99. The maximum Gasteiger partial charge on any atom is 0.188 e. The number of nitriles is 1. The van der Waals surface area contributed by atoms with Gasteiger partial charge in [0.2, 0.25) is 0 Å². The van der Waals surface area contributed by atoms with Crippen molar-refractivity contribution >= 4 is 28.1 Å². The fourth-order valence-electron chi connectivity index (χ4n) is 4.16. The Morgan fingerprint density at radius 1 is 1.23 bits per heavy atom. The molecule has 8 nitrogen and oxygen atoms in total. The standard InChI is InChI=1S/C22H32N8S/c1-17-14-25-22(31-17)28-21-13-18(12-20(27-21)26-19-4-2-6-24-15-19)16-30-10-8-29(9-11-30)7-3-5-23/h12-14,19,24H,2-4,6-11,15-16H2,1H3,(H2,25,26,27,28). The van der Waals surface area contributed by atoms with Crippen LogP contribution >= 0.6 is 11.3 Å². The Morgan fingerprint density at radius 2 is 2.03 bits per heavy atom. The monoisotopic (exact) mass is 440 g/mol. The molecule has 31 heavy (non-hydrogen) atoms. The van der Waals surface area contributed by atoms with Crippen molar-refractivity contribution in [3.05, 3.63) is 28.8 Å². The van der Waals surface area contributed by atoms with E-state index in [0.29, 0.717) is 12.5 Å². The highest BCUT2D eigenvalue weighted by Crippen LogP contribution is 2.24. The van der Waals surface area contributed by atoms with Crippen LogP contribution in [0.25, 0.3) is 0 Å². The molecule has 2 aromatic rings. The highest BCUT2D eigenvalue weighted by Gasteiger charge is 2.18. The molecule has 2 fully saturated rings. The van der Waals surface area contributed by atoms with E-state index in [9.17, 15) is 0 Å². The molecule has 0 radical (unpaired) electrons. The Bertz CT molecular complexity index is 878. The van der Waals surface area contributed by atoms with E-state index in [1.807, 2.05) is 6.20 Å². The second-order valence-electron chi connectivity index (χ2n) is 8.36. The summed E-state index contributed by atoms with van der Waals surface area (Å²) in [5.41, 5.74) is 1.25. The molecule has 0 spiro atoms. The van der Waals surface area contributed by atoms with Gasteiger partial charge in [0.1, 0.15) is 11.6 Å². The van der Waals surface area contributed by atoms with Crippen LogP contribution in [0, 0.1) is 18.3 Å². The predicted octanol–water partition coefficient (Wildman–Crippen LogP) is 2.79. The molecule has 166 valence electrons. The van der Waals surface area contributed by atoms with Gasteiger partial charge in [-0.3, -0.25) is 9.80 Å². The molecule has 2 aliphatic rings. The lowest BCUT2D eigenvalue weighted by Crippen LogP contribution is -2.46. The van der Waals surface area contributed by atoms with Crippen LogP contribution in [0.2, 0.25) is 0 Å². The van der Waals surface area contributed by atoms with E-state index in [0.717, 1.165) is 75.5 Å². The van der Waals surface area contributed by atoms with Gasteiger partial charge in [-0.1, -0.05) is 0 Å². The van der Waals surface area contributed by atoms with Crippen LogP contribution in [0.15, 0.2) is 18.3 Å². The molecule has 3 N–H and O–H groups in total. The number of nitrogens with zero attached hydrogens (tertiary/aromatic N) is 5. The second-order valence-corrected chi connectivity index (χ2v) is 9.60. The van der Waals surface area contributed by atoms with E-state index in [4.69, 9.17) is 10.2 Å². The molecule has 0 amide bonds. The zero-order valence-electron chi connectivity index (χ0n) is 18.2. The number of rotatable bonds is 8. The molecule has 2 aromatic heterocycles. The molecule has 0 aliphatic carbocycles. The second kappa shape index (κ2) is 10.9. The van der Waals surface area contributed by atoms with Crippen LogP contribution in [-0.4, -0.2) is 71.6 Å². The van der Waals surface area contributed by atoms with E-state index in [2.05, 4.69) is 55.9 Å². The number of aryl methyl sites for hydroxylation is 1. The Morgan fingerprint density at radius 3 is 2.74 bits per heavy atom. The van der Waals surface area contributed by atoms with Crippen LogP contribution in [0.4, 0.5) is 16.8 Å². The lowest BCUT2D eigenvalue weighted by molar-refractivity contribution is 0.129. The van der Waals surface area contributed by atoms with Crippen molar-refractivity contribution in [2.45, 2.75) is 38.8 Å². The van der Waals surface area contributed by atoms with Gasteiger partial charge in [-0.2, -0.15) is 5.26 Å². The topological polar surface area (TPSA) is 92.1 Å². The van der Waals surface area contributed by atoms with Gasteiger partial charge in [0, 0.05) is 69.3 Å². The normalized spacial score (nSPS) is 20.3. The van der Waals surface area contributed by atoms with Gasteiger partial charge in [-0.15, -0.1) is 11.3 Å². The van der Waals surface area contributed by atoms with Crippen molar-refractivity contribution in [3.63, 3.8) is 0 Å². The molecule has 2 saturated heterocycles. The number of hydrogen-bond donors (Lipinski definition) is 3. The average Bonchev–Trinajstić information content (AvgIpc) is 3.18. The van der Waals surface area contributed by atoms with Gasteiger partial charge in [0.05, 0.1) is 6.07 Å². The molecule has 0 aromatic carbocycles. The van der Waals surface area contributed by atoms with Crippen LogP contribution in [0.5, 0.6) is 0 Å². The summed E-state index contributed by atoms with van der Waals surface area (Å²) in [4.78, 5) is 15.3. The number of anilines is 3. The van der Waals surface area contributed by atoms with Crippen LogP contribution in [0.3, 0.4) is 0 Å². The summed E-state index contributed by atoms with van der Waals surface area (Å²) in [7, 11) is 0. The maximum absolute atomic E-state index is 8.81. The first kappa shape index (κ1) is 22.0. The largest absolute Gasteiger partial charge is 0.366 e. The van der Waals surface area contributed by atoms with E-state index in [1.165, 1.54) is 16.9 Å². The number of piperazine rings is 1. The summed E-state index contributed by atoms with van der Waals surface area (Å²) in [5, 5.41) is 20.2. The van der Waals surface area contributed by atoms with Crippen LogP contribution < -0.4 is 16.0 Å². The minimum absolute atomic E-state index is 0.412. The number of nitrogens with one attached hydrogen (secondary N) is 3. The molecule has 0 saturated carbocycles. The van der Waals surface area contributed by atoms with Gasteiger partial charge in [-0.05, 0) is 44.0 Å². The Kier molecular flexibility index (Phi) is 7.70. The summed E-state index contributed by atoms with van der Waals surface area (Å²) < 4.78 is 0. The Hall–Kier alpha value is -2.25. The lowest BCUT2D eigenvalue weighted by atomic mass is 10.1. The van der Waals surface area contributed by atoms with Gasteiger partial charge >= 0.3 is 0 Å². The van der Waals surface area contributed by atoms with E-state index >= 15 is 0 Å². The quantitative estimate of drug-likeness (QED) is 0.577. The molecular weight excluding hydrogens is 408 g/mol. The highest BCUT2D eigenvalue weighted by molar-refractivity contribution is 7.15. The molecular formula is C22H32N8S. The first-order valence-corrected chi connectivity index (χ1v) is 12.0. The maximum atomic E-state index is 8.81. The molecule has 4 rings (SSSR count). The smallest absolute Gasteiger partial charge is 0.188 e. The van der Waals surface area contributed by atoms with E-state index < -0.39 is 0 Å². The molecule has 0 bridgehead atoms. The third-order valence-corrected chi connectivity index (χ3v) is 6.63. The van der Waals surface area contributed by atoms with Crippen LogP contribution in [-0.2, 0) is 6.54 Å². The Balaban J connectivity index is 1.44.